The van der Waals surface area contributed by atoms with Crippen LogP contribution >= 0.6 is 0 Å². The first-order valence-corrected chi connectivity index (χ1v) is 6.26. The molecule has 110 valence electrons. The first-order chi connectivity index (χ1) is 9.51. The minimum Gasteiger partial charge on any atom is -0.388 e. The van der Waals surface area contributed by atoms with Crippen molar-refractivity contribution in [2.75, 3.05) is 5.73 Å². The summed E-state index contributed by atoms with van der Waals surface area (Å²) in [5.41, 5.74) is 5.85. The molecular weight excluding hydrogens is 264 g/mol. The number of hydrogen-bond acceptors (Lipinski definition) is 6. The molecule has 0 spiro atoms. The number of aromatic nitrogens is 2. The molecule has 1 amide bonds. The maximum atomic E-state index is 11.7. The van der Waals surface area contributed by atoms with Crippen LogP contribution in [0.4, 0.5) is 5.82 Å². The second-order valence-electron chi connectivity index (χ2n) is 4.52. The molecular formula is C12H18N4O4. The molecule has 1 aliphatic rings. The minimum absolute atomic E-state index is 0.00939. The summed E-state index contributed by atoms with van der Waals surface area (Å²) in [6, 6.07) is 0. The Hall–Kier alpha value is -1.90. The highest BCUT2D eigenvalue weighted by atomic mass is 16.6. The predicted molar refractivity (Wildman–Crippen MR) is 70.5 cm³/mol. The zero-order chi connectivity index (χ0) is 14.9. The monoisotopic (exact) mass is 282 g/mol. The van der Waals surface area contributed by atoms with Gasteiger partial charge in [-0.25, -0.2) is 4.98 Å². The third-order valence-corrected chi connectivity index (χ3v) is 3.29. The topological polar surface area (TPSA) is 123 Å². The molecule has 1 aromatic rings. The number of nitrogens with one attached hydrogen (secondary N) is 1. The van der Waals surface area contributed by atoms with Crippen LogP contribution in [0.2, 0.25) is 0 Å². The van der Waals surface area contributed by atoms with Gasteiger partial charge in [0.1, 0.15) is 18.0 Å². The summed E-state index contributed by atoms with van der Waals surface area (Å²) in [5.74, 6) is -0.450. The Balaban J connectivity index is 2.26. The number of nitrogens with two attached hydrogens (primary N) is 1. The molecule has 1 aromatic heterocycles. The number of aliphatic hydroxyl groups is 2. The maximum Gasteiger partial charge on any atom is 0.277 e. The fourth-order valence-electron chi connectivity index (χ4n) is 2.21. The maximum absolute atomic E-state index is 11.7. The Morgan fingerprint density at radius 2 is 2.35 bits per heavy atom. The second-order valence-corrected chi connectivity index (χ2v) is 4.52. The fraction of sp³-hybridized carbons (Fsp3) is 0.500. The van der Waals surface area contributed by atoms with Crippen LogP contribution in [0.1, 0.15) is 30.1 Å². The highest BCUT2D eigenvalue weighted by molar-refractivity contribution is 5.97. The highest BCUT2D eigenvalue weighted by Gasteiger charge is 2.43. The average Bonchev–Trinajstić information content (AvgIpc) is 2.93. The van der Waals surface area contributed by atoms with Gasteiger partial charge in [0.15, 0.2) is 11.9 Å². The van der Waals surface area contributed by atoms with Crippen LogP contribution in [0.3, 0.4) is 0 Å². The van der Waals surface area contributed by atoms with Gasteiger partial charge in [-0.2, -0.15) is 0 Å². The smallest absolute Gasteiger partial charge is 0.277 e. The standard InChI is InChI=1S/C12H18N4O4/c1-3-6-8(17)9(18)12(20-6)16-5-15-7(10(16)13)11(19)14-4-2/h4-6,8-9,12,17-18H,2-3,13H2,1H3,(H,14,19). The molecule has 0 radical (unpaired) electrons. The Labute approximate surface area is 115 Å². The molecule has 0 aromatic carbocycles. The summed E-state index contributed by atoms with van der Waals surface area (Å²) in [6.45, 7) is 5.21. The molecule has 8 heteroatoms. The first-order valence-electron chi connectivity index (χ1n) is 6.26. The molecule has 4 atom stereocenters. The van der Waals surface area contributed by atoms with E-state index in [0.29, 0.717) is 6.42 Å². The number of anilines is 1. The zero-order valence-electron chi connectivity index (χ0n) is 11.1. The number of carbonyl (C=O) groups is 1. The number of nitrogen functional groups attached to an aromatic ring is 1. The molecule has 0 aliphatic carbocycles. The molecule has 0 bridgehead atoms. The van der Waals surface area contributed by atoms with Gasteiger partial charge >= 0.3 is 0 Å². The van der Waals surface area contributed by atoms with Gasteiger partial charge in [0, 0.05) is 0 Å². The SMILES string of the molecule is C=CNC(=O)c1ncn(C2OC(CC)C(O)C2O)c1N. The van der Waals surface area contributed by atoms with Crippen molar-refractivity contribution in [2.24, 2.45) is 0 Å². The quantitative estimate of drug-likeness (QED) is 0.583. The molecule has 2 heterocycles. The first kappa shape index (κ1) is 14.5. The van der Waals surface area contributed by atoms with Crippen molar-refractivity contribution in [3.8, 4) is 0 Å². The van der Waals surface area contributed by atoms with Crippen molar-refractivity contribution in [3.05, 3.63) is 24.8 Å². The minimum atomic E-state index is -1.13. The van der Waals surface area contributed by atoms with Gasteiger partial charge in [0.25, 0.3) is 5.91 Å². The summed E-state index contributed by atoms with van der Waals surface area (Å²) in [4.78, 5) is 15.6. The largest absolute Gasteiger partial charge is 0.388 e. The van der Waals surface area contributed by atoms with Crippen LogP contribution in [0.25, 0.3) is 0 Å². The van der Waals surface area contributed by atoms with Crippen molar-refractivity contribution in [2.45, 2.75) is 37.9 Å². The molecule has 1 saturated heterocycles. The third-order valence-electron chi connectivity index (χ3n) is 3.29. The second kappa shape index (κ2) is 5.61. The van der Waals surface area contributed by atoms with Crippen LogP contribution in [0.15, 0.2) is 19.1 Å². The Morgan fingerprint density at radius 3 is 2.90 bits per heavy atom. The lowest BCUT2D eigenvalue weighted by Gasteiger charge is -2.17. The van der Waals surface area contributed by atoms with Gasteiger partial charge in [-0.15, -0.1) is 0 Å². The molecule has 0 saturated carbocycles. The number of ether oxygens (including phenoxy) is 1. The van der Waals surface area contributed by atoms with Crippen LogP contribution in [-0.4, -0.2) is 44.0 Å². The van der Waals surface area contributed by atoms with Crippen molar-refractivity contribution in [1.82, 2.24) is 14.9 Å². The summed E-state index contributed by atoms with van der Waals surface area (Å²) in [7, 11) is 0. The molecule has 5 N–H and O–H groups in total. The summed E-state index contributed by atoms with van der Waals surface area (Å²) in [6.07, 6.45) is -0.420. The number of carbonyl (C=O) groups excluding carboxylic acids is 1. The molecule has 8 nitrogen and oxygen atoms in total. The lowest BCUT2D eigenvalue weighted by Crippen LogP contribution is -2.31. The van der Waals surface area contributed by atoms with Gasteiger partial charge in [-0.1, -0.05) is 13.5 Å². The third kappa shape index (κ3) is 2.28. The van der Waals surface area contributed by atoms with Crippen molar-refractivity contribution in [1.29, 1.82) is 0 Å². The number of nitrogens with zero attached hydrogens (tertiary/aromatic N) is 2. The van der Waals surface area contributed by atoms with E-state index in [0.717, 1.165) is 0 Å². The van der Waals surface area contributed by atoms with Crippen LogP contribution in [-0.2, 0) is 4.74 Å². The predicted octanol–water partition coefficient (Wildman–Crippen LogP) is -0.632. The summed E-state index contributed by atoms with van der Waals surface area (Å²) >= 11 is 0. The van der Waals surface area contributed by atoms with Gasteiger partial charge < -0.3 is 26.0 Å². The van der Waals surface area contributed by atoms with Crippen molar-refractivity contribution < 1.29 is 19.7 Å². The highest BCUT2D eigenvalue weighted by Crippen LogP contribution is 2.32. The van der Waals surface area contributed by atoms with E-state index in [2.05, 4.69) is 16.9 Å². The lowest BCUT2D eigenvalue weighted by atomic mass is 10.1. The summed E-state index contributed by atoms with van der Waals surface area (Å²) in [5, 5.41) is 22.2. The fourth-order valence-corrected chi connectivity index (χ4v) is 2.21. The lowest BCUT2D eigenvalue weighted by molar-refractivity contribution is -0.0364. The molecule has 20 heavy (non-hydrogen) atoms. The van der Waals surface area contributed by atoms with E-state index < -0.39 is 30.4 Å². The van der Waals surface area contributed by atoms with Crippen LogP contribution in [0, 0.1) is 0 Å². The van der Waals surface area contributed by atoms with E-state index in [4.69, 9.17) is 10.5 Å². The van der Waals surface area contributed by atoms with Crippen LogP contribution in [0.5, 0.6) is 0 Å². The molecule has 1 aliphatic heterocycles. The molecule has 4 unspecified atom stereocenters. The van der Waals surface area contributed by atoms with E-state index in [1.54, 1.807) is 0 Å². The van der Waals surface area contributed by atoms with E-state index in [1.807, 2.05) is 6.92 Å². The van der Waals surface area contributed by atoms with E-state index in [9.17, 15) is 15.0 Å². The number of rotatable bonds is 4. The average molecular weight is 282 g/mol. The molecule has 1 fully saturated rings. The Morgan fingerprint density at radius 1 is 1.65 bits per heavy atom. The van der Waals surface area contributed by atoms with E-state index in [-0.39, 0.29) is 11.5 Å². The number of hydrogen-bond donors (Lipinski definition) is 4. The Kier molecular flexibility index (Phi) is 4.07. The Bertz CT molecular complexity index is 516. The molecule has 2 rings (SSSR count). The van der Waals surface area contributed by atoms with Gasteiger partial charge in [0.2, 0.25) is 0 Å². The van der Waals surface area contributed by atoms with Crippen molar-refractivity contribution >= 4 is 11.7 Å². The van der Waals surface area contributed by atoms with Crippen LogP contribution < -0.4 is 11.1 Å². The number of imidazole rings is 1. The van der Waals surface area contributed by atoms with Gasteiger partial charge in [-0.3, -0.25) is 9.36 Å². The van der Waals surface area contributed by atoms with Gasteiger partial charge in [0.05, 0.1) is 12.4 Å². The summed E-state index contributed by atoms with van der Waals surface area (Å²) < 4.78 is 6.88. The van der Waals surface area contributed by atoms with Gasteiger partial charge in [-0.05, 0) is 12.6 Å². The zero-order valence-corrected chi connectivity index (χ0v) is 11.1. The normalized spacial score (nSPS) is 29.4. The van der Waals surface area contributed by atoms with Crippen molar-refractivity contribution in [3.63, 3.8) is 0 Å². The number of aliphatic hydroxyl groups excluding tert-OH is 2. The van der Waals surface area contributed by atoms with E-state index >= 15 is 0 Å². The van der Waals surface area contributed by atoms with E-state index in [1.165, 1.54) is 17.1 Å². The number of amides is 1.